The Morgan fingerprint density at radius 2 is 1.92 bits per heavy atom. The summed E-state index contributed by atoms with van der Waals surface area (Å²) in [6.07, 6.45) is -1.71. The van der Waals surface area contributed by atoms with Crippen LogP contribution in [0.2, 0.25) is 0 Å². The van der Waals surface area contributed by atoms with E-state index in [1.807, 2.05) is 0 Å². The lowest BCUT2D eigenvalue weighted by Gasteiger charge is -2.33. The van der Waals surface area contributed by atoms with E-state index in [0.29, 0.717) is 25.7 Å². The molecule has 2 rings (SSSR count). The number of alkyl halides is 2. The number of halogens is 2. The van der Waals surface area contributed by atoms with Crippen LogP contribution in [0.1, 0.15) is 25.7 Å². The van der Waals surface area contributed by atoms with Crippen molar-refractivity contribution in [1.82, 2.24) is 0 Å². The largest absolute Gasteiger partial charge is 0.369 e. The van der Waals surface area contributed by atoms with Crippen LogP contribution in [0.3, 0.4) is 0 Å². The van der Waals surface area contributed by atoms with Gasteiger partial charge in [-0.15, -0.1) is 0 Å². The minimum Gasteiger partial charge on any atom is -0.369 e. The van der Waals surface area contributed by atoms with E-state index < -0.39 is 17.9 Å². The molecule has 0 bridgehead atoms. The van der Waals surface area contributed by atoms with Crippen LogP contribution in [0.15, 0.2) is 0 Å². The van der Waals surface area contributed by atoms with Gasteiger partial charge in [0, 0.05) is 12.8 Å². The Bertz CT molecular complexity index is 220. The van der Waals surface area contributed by atoms with E-state index >= 15 is 0 Å². The van der Waals surface area contributed by atoms with Gasteiger partial charge in [0.05, 0.1) is 6.61 Å². The van der Waals surface area contributed by atoms with Gasteiger partial charge in [-0.1, -0.05) is 0 Å². The summed E-state index contributed by atoms with van der Waals surface area (Å²) in [7, 11) is 0. The van der Waals surface area contributed by atoms with Crippen LogP contribution in [0.5, 0.6) is 0 Å². The fourth-order valence-electron chi connectivity index (χ4n) is 2.11. The zero-order valence-corrected chi connectivity index (χ0v) is 7.26. The summed E-state index contributed by atoms with van der Waals surface area (Å²) in [5.74, 6) is 0.128. The SMILES string of the molecule is O=C1CCC2(CC1)OC[C@@H](F)[C@@H]2F. The number of ether oxygens (including phenoxy) is 1. The summed E-state index contributed by atoms with van der Waals surface area (Å²) < 4.78 is 31.4. The van der Waals surface area contributed by atoms with Gasteiger partial charge in [0.1, 0.15) is 11.4 Å². The van der Waals surface area contributed by atoms with Gasteiger partial charge in [0.25, 0.3) is 0 Å². The molecule has 0 aromatic carbocycles. The molecule has 0 aromatic heterocycles. The van der Waals surface area contributed by atoms with Gasteiger partial charge in [0.2, 0.25) is 0 Å². The lowest BCUT2D eigenvalue weighted by molar-refractivity contribution is -0.128. The highest BCUT2D eigenvalue weighted by molar-refractivity contribution is 5.79. The summed E-state index contributed by atoms with van der Waals surface area (Å²) in [4.78, 5) is 10.9. The molecule has 1 spiro atoms. The van der Waals surface area contributed by atoms with Crippen LogP contribution >= 0.6 is 0 Å². The molecule has 0 amide bonds. The average Bonchev–Trinajstić information content (AvgIpc) is 2.40. The summed E-state index contributed by atoms with van der Waals surface area (Å²) in [6, 6.07) is 0. The van der Waals surface area contributed by atoms with E-state index in [9.17, 15) is 13.6 Å². The van der Waals surface area contributed by atoms with Crippen LogP contribution in [0.25, 0.3) is 0 Å². The number of carbonyl (C=O) groups is 1. The Balaban J connectivity index is 2.09. The monoisotopic (exact) mass is 190 g/mol. The van der Waals surface area contributed by atoms with Crippen molar-refractivity contribution in [2.45, 2.75) is 43.6 Å². The summed E-state index contributed by atoms with van der Waals surface area (Å²) >= 11 is 0. The highest BCUT2D eigenvalue weighted by Gasteiger charge is 2.52. The van der Waals surface area contributed by atoms with Crippen molar-refractivity contribution >= 4 is 5.78 Å². The van der Waals surface area contributed by atoms with Gasteiger partial charge in [0.15, 0.2) is 12.3 Å². The quantitative estimate of drug-likeness (QED) is 0.579. The molecule has 1 heterocycles. The van der Waals surface area contributed by atoms with Gasteiger partial charge in [-0.3, -0.25) is 4.79 Å². The molecule has 1 aliphatic carbocycles. The molecule has 2 atom stereocenters. The Kier molecular flexibility index (Phi) is 2.10. The molecule has 1 saturated heterocycles. The van der Waals surface area contributed by atoms with Crippen molar-refractivity contribution in [2.75, 3.05) is 6.61 Å². The third-order valence-electron chi connectivity index (χ3n) is 3.00. The number of hydrogen-bond donors (Lipinski definition) is 0. The average molecular weight is 190 g/mol. The normalized spacial score (nSPS) is 38.5. The number of Topliss-reactive ketones (excluding diaryl/α,β-unsaturated/α-hetero) is 1. The minimum atomic E-state index is -1.54. The first kappa shape index (κ1) is 9.06. The van der Waals surface area contributed by atoms with Crippen molar-refractivity contribution < 1.29 is 18.3 Å². The molecule has 2 aliphatic rings. The van der Waals surface area contributed by atoms with Crippen molar-refractivity contribution in [3.63, 3.8) is 0 Å². The molecule has 1 saturated carbocycles. The first-order chi connectivity index (χ1) is 6.14. The standard InChI is InChI=1S/C9H12F2O2/c10-7-5-13-9(8(7)11)3-1-6(12)2-4-9/h7-8H,1-5H2/t7-,8+/m1/s1. The second-order valence-corrected chi connectivity index (χ2v) is 3.83. The lowest BCUT2D eigenvalue weighted by Crippen LogP contribution is -2.42. The Labute approximate surface area is 75.3 Å². The minimum absolute atomic E-state index is 0.128. The van der Waals surface area contributed by atoms with E-state index in [2.05, 4.69) is 0 Å². The maximum absolute atomic E-state index is 13.4. The molecule has 1 aliphatic heterocycles. The van der Waals surface area contributed by atoms with Crippen molar-refractivity contribution in [1.29, 1.82) is 0 Å². The molecule has 13 heavy (non-hydrogen) atoms. The number of carbonyl (C=O) groups excluding carboxylic acids is 1. The molecule has 74 valence electrons. The Morgan fingerprint density at radius 3 is 2.38 bits per heavy atom. The van der Waals surface area contributed by atoms with E-state index in [1.165, 1.54) is 0 Å². The van der Waals surface area contributed by atoms with Crippen LogP contribution in [-0.4, -0.2) is 30.3 Å². The molecule has 0 N–H and O–H groups in total. The molecular weight excluding hydrogens is 178 g/mol. The van der Waals surface area contributed by atoms with Gasteiger partial charge in [-0.05, 0) is 12.8 Å². The fraction of sp³-hybridized carbons (Fsp3) is 0.889. The molecule has 0 unspecified atom stereocenters. The predicted octanol–water partition coefficient (Wildman–Crippen LogP) is 1.57. The maximum atomic E-state index is 13.4. The zero-order chi connectivity index (χ0) is 9.47. The maximum Gasteiger partial charge on any atom is 0.162 e. The molecule has 0 radical (unpaired) electrons. The van der Waals surface area contributed by atoms with Crippen molar-refractivity contribution in [3.05, 3.63) is 0 Å². The fourth-order valence-corrected chi connectivity index (χ4v) is 2.11. The lowest BCUT2D eigenvalue weighted by atomic mass is 9.81. The molecular formula is C9H12F2O2. The van der Waals surface area contributed by atoms with Gasteiger partial charge in [-0.2, -0.15) is 0 Å². The molecule has 0 aromatic rings. The van der Waals surface area contributed by atoms with E-state index in [1.54, 1.807) is 0 Å². The predicted molar refractivity (Wildman–Crippen MR) is 42.0 cm³/mol. The van der Waals surface area contributed by atoms with Crippen molar-refractivity contribution in [2.24, 2.45) is 0 Å². The van der Waals surface area contributed by atoms with E-state index in [-0.39, 0.29) is 12.4 Å². The van der Waals surface area contributed by atoms with Crippen molar-refractivity contribution in [3.8, 4) is 0 Å². The topological polar surface area (TPSA) is 26.3 Å². The third kappa shape index (κ3) is 1.37. The highest BCUT2D eigenvalue weighted by atomic mass is 19.2. The molecule has 2 fully saturated rings. The second kappa shape index (κ2) is 3.01. The summed E-state index contributed by atoms with van der Waals surface area (Å²) in [6.45, 7) is -0.157. The van der Waals surface area contributed by atoms with Gasteiger partial charge < -0.3 is 4.74 Å². The van der Waals surface area contributed by atoms with Crippen LogP contribution in [0, 0.1) is 0 Å². The Hall–Kier alpha value is -0.510. The van der Waals surface area contributed by atoms with Gasteiger partial charge >= 0.3 is 0 Å². The highest BCUT2D eigenvalue weighted by Crippen LogP contribution is 2.41. The Morgan fingerprint density at radius 1 is 1.31 bits per heavy atom. The third-order valence-corrected chi connectivity index (χ3v) is 3.00. The summed E-state index contributed by atoms with van der Waals surface area (Å²) in [5, 5.41) is 0. The smallest absolute Gasteiger partial charge is 0.162 e. The first-order valence-corrected chi connectivity index (χ1v) is 4.58. The number of ketones is 1. The van der Waals surface area contributed by atoms with Gasteiger partial charge in [-0.25, -0.2) is 8.78 Å². The van der Waals surface area contributed by atoms with E-state index in [0.717, 1.165) is 0 Å². The van der Waals surface area contributed by atoms with Crippen LogP contribution in [-0.2, 0) is 9.53 Å². The van der Waals surface area contributed by atoms with Crippen LogP contribution < -0.4 is 0 Å². The number of hydrogen-bond acceptors (Lipinski definition) is 2. The molecule has 4 heteroatoms. The second-order valence-electron chi connectivity index (χ2n) is 3.83. The van der Waals surface area contributed by atoms with E-state index in [4.69, 9.17) is 4.74 Å². The molecule has 2 nitrogen and oxygen atoms in total. The summed E-state index contributed by atoms with van der Waals surface area (Å²) in [5.41, 5.74) is -0.979. The first-order valence-electron chi connectivity index (χ1n) is 4.58. The van der Waals surface area contributed by atoms with Crippen LogP contribution in [0.4, 0.5) is 8.78 Å². The zero-order valence-electron chi connectivity index (χ0n) is 7.26. The number of rotatable bonds is 0.